The van der Waals surface area contributed by atoms with Crippen molar-refractivity contribution >= 4 is 27.8 Å². The summed E-state index contributed by atoms with van der Waals surface area (Å²) in [5, 5.41) is 18.1. The Morgan fingerprint density at radius 2 is 1.52 bits per heavy atom. The SMILES string of the molecule is Oc1ccc(Br)cc1C=Nc1ccc(-c2nnc(-c3ccccc3)o2)cc1. The summed E-state index contributed by atoms with van der Waals surface area (Å²) in [4.78, 5) is 4.39. The van der Waals surface area contributed by atoms with Crippen molar-refractivity contribution in [3.63, 3.8) is 0 Å². The van der Waals surface area contributed by atoms with Crippen molar-refractivity contribution in [1.82, 2.24) is 10.2 Å². The maximum absolute atomic E-state index is 9.86. The number of hydrogen-bond donors (Lipinski definition) is 1. The van der Waals surface area contributed by atoms with Crippen molar-refractivity contribution in [2.45, 2.75) is 0 Å². The van der Waals surface area contributed by atoms with Gasteiger partial charge in [0.05, 0.1) is 5.69 Å². The lowest BCUT2D eigenvalue weighted by Gasteiger charge is -2.00. The van der Waals surface area contributed by atoms with E-state index in [1.807, 2.05) is 54.6 Å². The van der Waals surface area contributed by atoms with Crippen LogP contribution in [0.5, 0.6) is 5.75 Å². The Balaban J connectivity index is 1.53. The van der Waals surface area contributed by atoms with Crippen molar-refractivity contribution in [1.29, 1.82) is 0 Å². The molecule has 0 bridgehead atoms. The molecule has 3 aromatic carbocycles. The molecular formula is C21H14BrN3O2. The summed E-state index contributed by atoms with van der Waals surface area (Å²) in [5.41, 5.74) is 3.08. The summed E-state index contributed by atoms with van der Waals surface area (Å²) in [7, 11) is 0. The molecule has 27 heavy (non-hydrogen) atoms. The highest BCUT2D eigenvalue weighted by molar-refractivity contribution is 9.10. The van der Waals surface area contributed by atoms with Gasteiger partial charge in [0.15, 0.2) is 0 Å². The van der Waals surface area contributed by atoms with Gasteiger partial charge in [-0.25, -0.2) is 0 Å². The number of aromatic hydroxyl groups is 1. The lowest BCUT2D eigenvalue weighted by molar-refractivity contribution is 0.474. The van der Waals surface area contributed by atoms with E-state index in [1.165, 1.54) is 0 Å². The molecule has 1 heterocycles. The number of nitrogens with zero attached hydrogens (tertiary/aromatic N) is 3. The minimum Gasteiger partial charge on any atom is -0.507 e. The first-order valence-corrected chi connectivity index (χ1v) is 9.00. The fourth-order valence-electron chi connectivity index (χ4n) is 2.50. The number of halogens is 1. The van der Waals surface area contributed by atoms with Crippen molar-refractivity contribution in [2.75, 3.05) is 0 Å². The second kappa shape index (κ2) is 7.55. The molecule has 0 aliphatic heterocycles. The molecule has 0 fully saturated rings. The second-order valence-electron chi connectivity index (χ2n) is 5.79. The Hall–Kier alpha value is -3.25. The molecule has 6 heteroatoms. The zero-order valence-corrected chi connectivity index (χ0v) is 15.7. The number of aromatic nitrogens is 2. The van der Waals surface area contributed by atoms with E-state index < -0.39 is 0 Å². The number of phenolic OH excluding ortho intramolecular Hbond substituents is 1. The topological polar surface area (TPSA) is 71.5 Å². The van der Waals surface area contributed by atoms with Crippen molar-refractivity contribution in [3.05, 3.63) is 82.8 Å². The van der Waals surface area contributed by atoms with Gasteiger partial charge in [-0.2, -0.15) is 0 Å². The van der Waals surface area contributed by atoms with Gasteiger partial charge in [-0.3, -0.25) is 4.99 Å². The molecule has 1 aromatic heterocycles. The zero-order valence-electron chi connectivity index (χ0n) is 14.1. The molecule has 1 N–H and O–H groups in total. The van der Waals surface area contributed by atoms with Gasteiger partial charge in [0, 0.05) is 27.4 Å². The average molecular weight is 420 g/mol. The van der Waals surface area contributed by atoms with Gasteiger partial charge in [0.25, 0.3) is 0 Å². The Kier molecular flexibility index (Phi) is 4.80. The van der Waals surface area contributed by atoms with Crippen LogP contribution in [0.15, 0.2) is 86.7 Å². The van der Waals surface area contributed by atoms with Crippen molar-refractivity contribution < 1.29 is 9.52 Å². The quantitative estimate of drug-likeness (QED) is 0.435. The summed E-state index contributed by atoms with van der Waals surface area (Å²) in [6.07, 6.45) is 1.62. The molecule has 0 aliphatic carbocycles. The summed E-state index contributed by atoms with van der Waals surface area (Å²) in [6.45, 7) is 0. The van der Waals surface area contributed by atoms with Crippen LogP contribution in [0.3, 0.4) is 0 Å². The molecule has 0 amide bonds. The van der Waals surface area contributed by atoms with E-state index in [0.29, 0.717) is 17.3 Å². The third-order valence-corrected chi connectivity index (χ3v) is 4.40. The fraction of sp³-hybridized carbons (Fsp3) is 0. The Morgan fingerprint density at radius 3 is 2.22 bits per heavy atom. The summed E-state index contributed by atoms with van der Waals surface area (Å²) < 4.78 is 6.63. The van der Waals surface area contributed by atoms with Crippen LogP contribution in [0.2, 0.25) is 0 Å². The predicted molar refractivity (Wildman–Crippen MR) is 108 cm³/mol. The second-order valence-corrected chi connectivity index (χ2v) is 6.70. The molecule has 4 aromatic rings. The van der Waals surface area contributed by atoms with E-state index >= 15 is 0 Å². The number of rotatable bonds is 4. The van der Waals surface area contributed by atoms with Crippen LogP contribution < -0.4 is 0 Å². The molecule has 0 atom stereocenters. The smallest absolute Gasteiger partial charge is 0.248 e. The number of phenols is 1. The first kappa shape index (κ1) is 17.2. The highest BCUT2D eigenvalue weighted by Crippen LogP contribution is 2.26. The minimum atomic E-state index is 0.179. The molecule has 4 rings (SSSR count). The molecular weight excluding hydrogens is 406 g/mol. The molecule has 132 valence electrons. The summed E-state index contributed by atoms with van der Waals surface area (Å²) in [6, 6.07) is 22.3. The largest absolute Gasteiger partial charge is 0.507 e. The van der Waals surface area contributed by atoms with Crippen molar-refractivity contribution in [3.8, 4) is 28.7 Å². The predicted octanol–water partition coefficient (Wildman–Crippen LogP) is 5.62. The maximum Gasteiger partial charge on any atom is 0.248 e. The summed E-state index contributed by atoms with van der Waals surface area (Å²) in [5.74, 6) is 1.12. The van der Waals surface area contributed by atoms with E-state index in [9.17, 15) is 5.11 Å². The van der Waals surface area contributed by atoms with E-state index in [1.54, 1.807) is 24.4 Å². The molecule has 0 spiro atoms. The van der Waals surface area contributed by atoms with Crippen LogP contribution in [-0.2, 0) is 0 Å². The van der Waals surface area contributed by atoms with E-state index in [-0.39, 0.29) is 5.75 Å². The summed E-state index contributed by atoms with van der Waals surface area (Å²) >= 11 is 3.38. The third-order valence-electron chi connectivity index (χ3n) is 3.90. The highest BCUT2D eigenvalue weighted by atomic mass is 79.9. The average Bonchev–Trinajstić information content (AvgIpc) is 3.20. The fourth-order valence-corrected chi connectivity index (χ4v) is 2.88. The Morgan fingerprint density at radius 1 is 0.852 bits per heavy atom. The lowest BCUT2D eigenvalue weighted by atomic mass is 10.2. The van der Waals surface area contributed by atoms with Crippen LogP contribution in [0.1, 0.15) is 5.56 Å². The molecule has 0 unspecified atom stereocenters. The highest BCUT2D eigenvalue weighted by Gasteiger charge is 2.10. The van der Waals surface area contributed by atoms with Gasteiger partial charge in [0.2, 0.25) is 11.8 Å². The van der Waals surface area contributed by atoms with Gasteiger partial charge in [-0.15, -0.1) is 10.2 Å². The Bertz CT molecular complexity index is 1090. The Labute approximate surface area is 164 Å². The van der Waals surface area contributed by atoms with Gasteiger partial charge in [0.1, 0.15) is 5.75 Å². The van der Waals surface area contributed by atoms with Gasteiger partial charge < -0.3 is 9.52 Å². The first-order chi connectivity index (χ1) is 13.2. The van der Waals surface area contributed by atoms with Crippen LogP contribution in [0, 0.1) is 0 Å². The first-order valence-electron chi connectivity index (χ1n) is 8.21. The molecule has 0 radical (unpaired) electrons. The maximum atomic E-state index is 9.86. The van der Waals surface area contributed by atoms with Crippen LogP contribution >= 0.6 is 15.9 Å². The van der Waals surface area contributed by atoms with Gasteiger partial charge in [-0.05, 0) is 54.6 Å². The molecule has 0 aliphatic rings. The monoisotopic (exact) mass is 419 g/mol. The lowest BCUT2D eigenvalue weighted by Crippen LogP contribution is -1.82. The third kappa shape index (κ3) is 3.96. The normalized spacial score (nSPS) is 11.1. The molecule has 5 nitrogen and oxygen atoms in total. The molecule has 0 saturated carbocycles. The van der Waals surface area contributed by atoms with Crippen LogP contribution in [0.4, 0.5) is 5.69 Å². The van der Waals surface area contributed by atoms with Gasteiger partial charge >= 0.3 is 0 Å². The van der Waals surface area contributed by atoms with E-state index in [0.717, 1.165) is 21.3 Å². The van der Waals surface area contributed by atoms with Gasteiger partial charge in [-0.1, -0.05) is 34.1 Å². The molecule has 0 saturated heterocycles. The zero-order chi connectivity index (χ0) is 18.6. The van der Waals surface area contributed by atoms with E-state index in [4.69, 9.17) is 4.42 Å². The van der Waals surface area contributed by atoms with E-state index in [2.05, 4.69) is 31.1 Å². The van der Waals surface area contributed by atoms with Crippen molar-refractivity contribution in [2.24, 2.45) is 4.99 Å². The van der Waals surface area contributed by atoms with Crippen LogP contribution in [0.25, 0.3) is 22.9 Å². The minimum absolute atomic E-state index is 0.179. The number of aliphatic imine (C=N–C) groups is 1. The van der Waals surface area contributed by atoms with Crippen LogP contribution in [-0.4, -0.2) is 21.5 Å². The standard InChI is InChI=1S/C21H14BrN3O2/c22-17-8-11-19(26)16(12-17)13-23-18-9-6-15(7-10-18)21-25-24-20(27-21)14-4-2-1-3-5-14/h1-13,26H. The number of benzene rings is 3. The number of hydrogen-bond acceptors (Lipinski definition) is 5.